The van der Waals surface area contributed by atoms with E-state index in [0.717, 1.165) is 12.1 Å². The molecule has 11 heavy (non-hydrogen) atoms. The molecule has 0 radical (unpaired) electrons. The summed E-state index contributed by atoms with van der Waals surface area (Å²) in [7, 11) is 0. The highest BCUT2D eigenvalue weighted by molar-refractivity contribution is 5.48. The highest BCUT2D eigenvalue weighted by atomic mass is 14.6. The van der Waals surface area contributed by atoms with Crippen molar-refractivity contribution in [3.05, 3.63) is 35.7 Å². The number of nitrogens with zero attached hydrogens (tertiary/aromatic N) is 1. The molecule has 0 fully saturated rings. The van der Waals surface area contributed by atoms with Crippen LogP contribution in [0.1, 0.15) is 24.6 Å². The van der Waals surface area contributed by atoms with Crippen LogP contribution in [0, 0.1) is 6.92 Å². The van der Waals surface area contributed by atoms with Gasteiger partial charge in [-0.25, -0.2) is 0 Å². The van der Waals surface area contributed by atoms with Gasteiger partial charge >= 0.3 is 0 Å². The average molecular weight is 147 g/mol. The van der Waals surface area contributed by atoms with Crippen molar-refractivity contribution >= 4 is 6.08 Å². The standard InChI is InChI=1S/C10H13N/c1-3-4-5-10-6-7-11-9(2)8-10/h4-8H,3H2,1-2H3/b5-4-. The monoisotopic (exact) mass is 147 g/mol. The largest absolute Gasteiger partial charge is 0.262 e. The number of hydrogen-bond acceptors (Lipinski definition) is 1. The van der Waals surface area contributed by atoms with Crippen LogP contribution in [0.2, 0.25) is 0 Å². The Balaban J connectivity index is 2.79. The van der Waals surface area contributed by atoms with Crippen LogP contribution in [-0.2, 0) is 0 Å². The molecule has 0 spiro atoms. The fourth-order valence-corrected chi connectivity index (χ4v) is 0.925. The Morgan fingerprint density at radius 3 is 3.00 bits per heavy atom. The fourth-order valence-electron chi connectivity index (χ4n) is 0.925. The highest BCUT2D eigenvalue weighted by Gasteiger charge is 1.86. The van der Waals surface area contributed by atoms with E-state index >= 15 is 0 Å². The Kier molecular flexibility index (Phi) is 2.84. The van der Waals surface area contributed by atoms with Gasteiger partial charge in [0.25, 0.3) is 0 Å². The van der Waals surface area contributed by atoms with E-state index in [4.69, 9.17) is 0 Å². The minimum absolute atomic E-state index is 1.07. The van der Waals surface area contributed by atoms with E-state index < -0.39 is 0 Å². The lowest BCUT2D eigenvalue weighted by Crippen LogP contribution is -1.79. The maximum atomic E-state index is 4.11. The minimum Gasteiger partial charge on any atom is -0.262 e. The molecule has 1 nitrogen and oxygen atoms in total. The third-order valence-corrected chi connectivity index (χ3v) is 1.47. The molecule has 0 aliphatic rings. The molecule has 1 heteroatoms. The number of rotatable bonds is 2. The van der Waals surface area contributed by atoms with Crippen molar-refractivity contribution in [3.63, 3.8) is 0 Å². The zero-order valence-electron chi connectivity index (χ0n) is 7.04. The molecular weight excluding hydrogens is 134 g/mol. The Bertz CT molecular complexity index is 251. The van der Waals surface area contributed by atoms with E-state index in [9.17, 15) is 0 Å². The normalized spacial score (nSPS) is 10.7. The van der Waals surface area contributed by atoms with Gasteiger partial charge in [-0.05, 0) is 31.0 Å². The molecule has 0 atom stereocenters. The van der Waals surface area contributed by atoms with E-state index in [1.165, 1.54) is 5.56 Å². The molecule has 0 saturated carbocycles. The van der Waals surface area contributed by atoms with Crippen molar-refractivity contribution in [2.24, 2.45) is 0 Å². The fraction of sp³-hybridized carbons (Fsp3) is 0.300. The third kappa shape index (κ3) is 2.54. The second kappa shape index (κ2) is 3.91. The molecule has 0 N–H and O–H groups in total. The number of allylic oxidation sites excluding steroid dienone is 1. The van der Waals surface area contributed by atoms with Crippen molar-refractivity contribution in [3.8, 4) is 0 Å². The first-order valence-corrected chi connectivity index (χ1v) is 3.92. The molecule has 1 aromatic heterocycles. The SMILES string of the molecule is CC/C=C\c1ccnc(C)c1. The summed E-state index contributed by atoms with van der Waals surface area (Å²) < 4.78 is 0. The quantitative estimate of drug-likeness (QED) is 0.626. The van der Waals surface area contributed by atoms with Crippen LogP contribution in [0.15, 0.2) is 24.4 Å². The zero-order chi connectivity index (χ0) is 8.10. The second-order valence-corrected chi connectivity index (χ2v) is 2.54. The molecule has 1 heterocycles. The smallest absolute Gasteiger partial charge is 0.0378 e. The van der Waals surface area contributed by atoms with Crippen LogP contribution >= 0.6 is 0 Å². The van der Waals surface area contributed by atoms with Crippen LogP contribution in [0.4, 0.5) is 0 Å². The van der Waals surface area contributed by atoms with Gasteiger partial charge in [-0.15, -0.1) is 0 Å². The van der Waals surface area contributed by atoms with Gasteiger partial charge in [-0.1, -0.05) is 19.1 Å². The Labute approximate surface area is 67.8 Å². The Morgan fingerprint density at radius 1 is 1.55 bits per heavy atom. The summed E-state index contributed by atoms with van der Waals surface area (Å²) in [4.78, 5) is 4.11. The van der Waals surface area contributed by atoms with E-state index in [1.807, 2.05) is 19.2 Å². The van der Waals surface area contributed by atoms with E-state index in [2.05, 4.69) is 30.1 Å². The van der Waals surface area contributed by atoms with E-state index in [0.29, 0.717) is 0 Å². The van der Waals surface area contributed by atoms with Gasteiger partial charge in [0.2, 0.25) is 0 Å². The summed E-state index contributed by atoms with van der Waals surface area (Å²) in [6.45, 7) is 4.13. The molecule has 0 unspecified atom stereocenters. The lowest BCUT2D eigenvalue weighted by atomic mass is 10.2. The zero-order valence-corrected chi connectivity index (χ0v) is 7.04. The third-order valence-electron chi connectivity index (χ3n) is 1.47. The van der Waals surface area contributed by atoms with Crippen LogP contribution in [0.3, 0.4) is 0 Å². The number of pyridine rings is 1. The first-order valence-electron chi connectivity index (χ1n) is 3.92. The van der Waals surface area contributed by atoms with Gasteiger partial charge in [0, 0.05) is 11.9 Å². The molecule has 0 bridgehead atoms. The Morgan fingerprint density at radius 2 is 2.36 bits per heavy atom. The molecule has 0 amide bonds. The summed E-state index contributed by atoms with van der Waals surface area (Å²) >= 11 is 0. The van der Waals surface area contributed by atoms with Crippen molar-refractivity contribution in [1.82, 2.24) is 4.98 Å². The topological polar surface area (TPSA) is 12.9 Å². The van der Waals surface area contributed by atoms with Gasteiger partial charge in [0.1, 0.15) is 0 Å². The van der Waals surface area contributed by atoms with E-state index in [1.54, 1.807) is 0 Å². The predicted molar refractivity (Wildman–Crippen MR) is 48.3 cm³/mol. The molecule has 0 aliphatic heterocycles. The maximum absolute atomic E-state index is 4.11. The molecule has 0 saturated heterocycles. The first kappa shape index (κ1) is 7.99. The number of hydrogen-bond donors (Lipinski definition) is 0. The maximum Gasteiger partial charge on any atom is 0.0378 e. The summed E-state index contributed by atoms with van der Waals surface area (Å²) in [6.07, 6.45) is 7.19. The summed E-state index contributed by atoms with van der Waals surface area (Å²) in [5.74, 6) is 0. The lowest BCUT2D eigenvalue weighted by Gasteiger charge is -1.93. The second-order valence-electron chi connectivity index (χ2n) is 2.54. The van der Waals surface area contributed by atoms with Crippen LogP contribution in [0.5, 0.6) is 0 Å². The van der Waals surface area contributed by atoms with Gasteiger partial charge in [0.05, 0.1) is 0 Å². The van der Waals surface area contributed by atoms with Crippen LogP contribution in [-0.4, -0.2) is 4.98 Å². The van der Waals surface area contributed by atoms with E-state index in [-0.39, 0.29) is 0 Å². The highest BCUT2D eigenvalue weighted by Crippen LogP contribution is 2.03. The van der Waals surface area contributed by atoms with Crippen LogP contribution in [0.25, 0.3) is 6.08 Å². The Hall–Kier alpha value is -1.11. The van der Waals surface area contributed by atoms with Crippen molar-refractivity contribution in [2.75, 3.05) is 0 Å². The van der Waals surface area contributed by atoms with Gasteiger partial charge in [-0.2, -0.15) is 0 Å². The summed E-state index contributed by atoms with van der Waals surface area (Å²) in [5.41, 5.74) is 2.31. The van der Waals surface area contributed by atoms with Crippen molar-refractivity contribution in [2.45, 2.75) is 20.3 Å². The number of aromatic nitrogens is 1. The van der Waals surface area contributed by atoms with Gasteiger partial charge in [-0.3, -0.25) is 4.98 Å². The average Bonchev–Trinajstić information content (AvgIpc) is 2.01. The number of aryl methyl sites for hydroxylation is 1. The summed E-state index contributed by atoms with van der Waals surface area (Å²) in [5, 5.41) is 0. The van der Waals surface area contributed by atoms with Crippen molar-refractivity contribution < 1.29 is 0 Å². The molecule has 0 aromatic carbocycles. The first-order chi connectivity index (χ1) is 5.33. The lowest BCUT2D eigenvalue weighted by molar-refractivity contribution is 1.19. The predicted octanol–water partition coefficient (Wildman–Crippen LogP) is 2.81. The summed E-state index contributed by atoms with van der Waals surface area (Å²) in [6, 6.07) is 4.09. The molecular formula is C10H13N. The van der Waals surface area contributed by atoms with Gasteiger partial charge in [0.15, 0.2) is 0 Å². The molecule has 1 rings (SSSR count). The molecule has 1 aromatic rings. The molecule has 0 aliphatic carbocycles. The minimum atomic E-state index is 1.07. The van der Waals surface area contributed by atoms with Crippen LogP contribution < -0.4 is 0 Å². The van der Waals surface area contributed by atoms with Crippen molar-refractivity contribution in [1.29, 1.82) is 0 Å². The molecule has 58 valence electrons. The van der Waals surface area contributed by atoms with Gasteiger partial charge < -0.3 is 0 Å².